The molecule has 1 aliphatic heterocycles. The Bertz CT molecular complexity index is 1510. The van der Waals surface area contributed by atoms with Crippen LogP contribution in [0.3, 0.4) is 0 Å². The van der Waals surface area contributed by atoms with Crippen molar-refractivity contribution in [1.29, 1.82) is 0 Å². The quantitative estimate of drug-likeness (QED) is 0.460. The molecule has 2 heterocycles. The number of likely N-dealkylation sites (N-methyl/N-ethyl adjacent to an activating group) is 2. The third-order valence-electron chi connectivity index (χ3n) is 7.85. The van der Waals surface area contributed by atoms with Crippen LogP contribution in [0.5, 0.6) is 0 Å². The van der Waals surface area contributed by atoms with Crippen LogP contribution in [0, 0.1) is 5.82 Å². The van der Waals surface area contributed by atoms with Crippen molar-refractivity contribution in [3.8, 4) is 0 Å². The SMILES string of the molecule is CNC(=O)C1(N2C[C@@H](C)N(C)[C@@H](C)C2)C=C(F)C(c2cccc(F)c2)=C(F)C1NC(=O)c1c[nH]c(=O)cc1C(F)(F)F. The number of aromatic amines is 1. The van der Waals surface area contributed by atoms with Crippen molar-refractivity contribution in [2.24, 2.45) is 0 Å². The lowest BCUT2D eigenvalue weighted by molar-refractivity contribution is -0.138. The lowest BCUT2D eigenvalue weighted by Crippen LogP contribution is -2.73. The largest absolute Gasteiger partial charge is 0.417 e. The number of H-pyrrole nitrogens is 1. The number of carbonyl (C=O) groups excluding carboxylic acids is 2. The predicted octanol–water partition coefficient (Wildman–Crippen LogP) is 3.39. The Hall–Kier alpha value is -3.91. The van der Waals surface area contributed by atoms with Crippen molar-refractivity contribution in [2.45, 2.75) is 43.7 Å². The first-order chi connectivity index (χ1) is 19.6. The Balaban J connectivity index is 1.95. The molecule has 2 unspecified atom stereocenters. The fourth-order valence-corrected chi connectivity index (χ4v) is 5.52. The maximum Gasteiger partial charge on any atom is 0.417 e. The highest BCUT2D eigenvalue weighted by Crippen LogP contribution is 2.43. The molecular formula is C28H29F6N5O3. The second kappa shape index (κ2) is 11.4. The van der Waals surface area contributed by atoms with Crippen molar-refractivity contribution < 1.29 is 35.9 Å². The van der Waals surface area contributed by atoms with E-state index in [0.717, 1.165) is 18.2 Å². The Morgan fingerprint density at radius 3 is 2.29 bits per heavy atom. The summed E-state index contributed by atoms with van der Waals surface area (Å²) in [6.45, 7) is 3.80. The van der Waals surface area contributed by atoms with E-state index in [1.807, 2.05) is 30.8 Å². The van der Waals surface area contributed by atoms with Gasteiger partial charge in [-0.15, -0.1) is 0 Å². The van der Waals surface area contributed by atoms with Gasteiger partial charge in [0.2, 0.25) is 11.5 Å². The number of piperazine rings is 1. The number of rotatable bonds is 5. The van der Waals surface area contributed by atoms with E-state index in [9.17, 15) is 31.9 Å². The number of hydrogen-bond donors (Lipinski definition) is 3. The van der Waals surface area contributed by atoms with Gasteiger partial charge in [0.15, 0.2) is 0 Å². The molecule has 1 aromatic heterocycles. The second-order valence-corrected chi connectivity index (χ2v) is 10.4. The van der Waals surface area contributed by atoms with Gasteiger partial charge in [-0.2, -0.15) is 13.2 Å². The van der Waals surface area contributed by atoms with Gasteiger partial charge in [-0.3, -0.25) is 24.2 Å². The van der Waals surface area contributed by atoms with Crippen molar-refractivity contribution in [2.75, 3.05) is 27.2 Å². The highest BCUT2D eigenvalue weighted by atomic mass is 19.4. The van der Waals surface area contributed by atoms with E-state index in [1.54, 1.807) is 0 Å². The smallest absolute Gasteiger partial charge is 0.357 e. The number of nitrogens with zero attached hydrogens (tertiary/aromatic N) is 2. The summed E-state index contributed by atoms with van der Waals surface area (Å²) in [6, 6.07) is 1.92. The van der Waals surface area contributed by atoms with Crippen LogP contribution in [-0.4, -0.2) is 77.4 Å². The van der Waals surface area contributed by atoms with Gasteiger partial charge < -0.3 is 15.6 Å². The molecule has 1 aliphatic carbocycles. The molecule has 42 heavy (non-hydrogen) atoms. The van der Waals surface area contributed by atoms with E-state index in [0.29, 0.717) is 6.20 Å². The molecule has 0 bridgehead atoms. The number of aromatic nitrogens is 1. The Morgan fingerprint density at radius 1 is 1.07 bits per heavy atom. The first kappa shape index (κ1) is 31.0. The van der Waals surface area contributed by atoms with Crippen LogP contribution >= 0.6 is 0 Å². The number of alkyl halides is 3. The second-order valence-electron chi connectivity index (χ2n) is 10.4. The minimum absolute atomic E-state index is 0.0828. The molecule has 4 rings (SSSR count). The highest BCUT2D eigenvalue weighted by molar-refractivity contribution is 5.99. The normalized spacial score (nSPS) is 25.7. The minimum atomic E-state index is -5.14. The molecule has 2 aromatic rings. The van der Waals surface area contributed by atoms with E-state index in [2.05, 4.69) is 10.6 Å². The molecule has 226 valence electrons. The summed E-state index contributed by atoms with van der Waals surface area (Å²) in [5, 5.41) is 4.55. The van der Waals surface area contributed by atoms with Gasteiger partial charge in [-0.1, -0.05) is 12.1 Å². The molecule has 0 radical (unpaired) electrons. The third-order valence-corrected chi connectivity index (χ3v) is 7.85. The van der Waals surface area contributed by atoms with Crippen LogP contribution in [-0.2, 0) is 11.0 Å². The first-order valence-electron chi connectivity index (χ1n) is 13.0. The van der Waals surface area contributed by atoms with Crippen LogP contribution < -0.4 is 16.2 Å². The predicted molar refractivity (Wildman–Crippen MR) is 142 cm³/mol. The van der Waals surface area contributed by atoms with Gasteiger partial charge in [-0.05, 0) is 44.7 Å². The zero-order valence-electron chi connectivity index (χ0n) is 23.1. The minimum Gasteiger partial charge on any atom is -0.357 e. The summed E-state index contributed by atoms with van der Waals surface area (Å²) < 4.78 is 88.0. The Kier molecular flexibility index (Phi) is 8.43. The molecule has 0 spiro atoms. The lowest BCUT2D eigenvalue weighted by atomic mass is 9.77. The Morgan fingerprint density at radius 2 is 1.71 bits per heavy atom. The van der Waals surface area contributed by atoms with Crippen LogP contribution in [0.15, 0.2) is 59.1 Å². The number of carbonyl (C=O) groups is 2. The number of benzene rings is 1. The molecule has 2 amide bonds. The molecule has 14 heteroatoms. The number of halogens is 6. The number of nitrogens with one attached hydrogen (secondary N) is 3. The molecule has 3 N–H and O–H groups in total. The molecule has 1 aromatic carbocycles. The lowest BCUT2D eigenvalue weighted by Gasteiger charge is -2.52. The maximum absolute atomic E-state index is 16.6. The van der Waals surface area contributed by atoms with E-state index >= 15 is 8.78 Å². The van der Waals surface area contributed by atoms with Gasteiger partial charge >= 0.3 is 6.18 Å². The number of pyridine rings is 1. The number of allylic oxidation sites excluding steroid dienone is 2. The zero-order chi connectivity index (χ0) is 31.1. The molecule has 0 saturated carbocycles. The molecule has 2 aliphatic rings. The fourth-order valence-electron chi connectivity index (χ4n) is 5.52. The average Bonchev–Trinajstić information content (AvgIpc) is 2.91. The maximum atomic E-state index is 16.6. The third kappa shape index (κ3) is 5.48. The zero-order valence-corrected chi connectivity index (χ0v) is 23.1. The van der Waals surface area contributed by atoms with Crippen LogP contribution in [0.2, 0.25) is 0 Å². The average molecular weight is 598 g/mol. The summed E-state index contributed by atoms with van der Waals surface area (Å²) in [6.07, 6.45) is -3.81. The molecule has 8 nitrogen and oxygen atoms in total. The molecule has 1 saturated heterocycles. The number of hydrogen-bond acceptors (Lipinski definition) is 5. The Labute approximate surface area is 237 Å². The monoisotopic (exact) mass is 597 g/mol. The molecular weight excluding hydrogens is 568 g/mol. The van der Waals surface area contributed by atoms with Gasteiger partial charge in [0, 0.05) is 44.5 Å². The first-order valence-corrected chi connectivity index (χ1v) is 13.0. The summed E-state index contributed by atoms with van der Waals surface area (Å²) in [5.41, 5.74) is -7.11. The van der Waals surface area contributed by atoms with Crippen LogP contribution in [0.25, 0.3) is 5.57 Å². The van der Waals surface area contributed by atoms with E-state index in [4.69, 9.17) is 0 Å². The van der Waals surface area contributed by atoms with Crippen LogP contribution in [0.1, 0.15) is 35.3 Å². The summed E-state index contributed by atoms with van der Waals surface area (Å²) >= 11 is 0. The van der Waals surface area contributed by atoms with Crippen molar-refractivity contribution in [3.63, 3.8) is 0 Å². The van der Waals surface area contributed by atoms with Gasteiger partial charge in [-0.25, -0.2) is 13.2 Å². The van der Waals surface area contributed by atoms with E-state index in [1.165, 1.54) is 24.1 Å². The summed E-state index contributed by atoms with van der Waals surface area (Å²) in [4.78, 5) is 44.2. The topological polar surface area (TPSA) is 97.5 Å². The van der Waals surface area contributed by atoms with Crippen molar-refractivity contribution >= 4 is 17.4 Å². The standard InChI is InChI=1S/C28H29F6N5O3/c1-14-12-39(13-15(2)38(14)4)27(26(42)35-3)10-20(30)22(16-6-5-7-17(29)8-16)23(31)24(27)37-25(41)18-11-36-21(40)9-19(18)28(32,33)34/h5-11,14-15,24H,12-13H2,1-4H3,(H,35,42)(H,36,40)(H,37,41)/t14-,15+,24?,27?. The highest BCUT2D eigenvalue weighted by Gasteiger charge is 2.56. The molecule has 1 fully saturated rings. The van der Waals surface area contributed by atoms with Crippen molar-refractivity contribution in [3.05, 3.63) is 87.1 Å². The summed E-state index contributed by atoms with van der Waals surface area (Å²) in [7, 11) is 3.04. The fraction of sp³-hybridized carbons (Fsp3) is 0.393. The van der Waals surface area contributed by atoms with Gasteiger partial charge in [0.1, 0.15) is 29.1 Å². The summed E-state index contributed by atoms with van der Waals surface area (Å²) in [5.74, 6) is -5.90. The van der Waals surface area contributed by atoms with Gasteiger partial charge in [0.05, 0.1) is 16.7 Å². The van der Waals surface area contributed by atoms with Crippen LogP contribution in [0.4, 0.5) is 26.3 Å². The van der Waals surface area contributed by atoms with E-state index in [-0.39, 0.29) is 36.8 Å². The number of amides is 2. The van der Waals surface area contributed by atoms with Crippen molar-refractivity contribution in [1.82, 2.24) is 25.4 Å². The van der Waals surface area contributed by atoms with E-state index < -0.39 is 69.3 Å². The van der Waals surface area contributed by atoms with Gasteiger partial charge in [0.25, 0.3) is 5.91 Å². The molecule has 4 atom stereocenters.